The molecule has 0 bridgehead atoms. The highest BCUT2D eigenvalue weighted by Crippen LogP contribution is 2.26. The first-order valence-corrected chi connectivity index (χ1v) is 5.07. The predicted octanol–water partition coefficient (Wildman–Crippen LogP) is 3.02. The Morgan fingerprint density at radius 3 is 2.79 bits per heavy atom. The fourth-order valence-electron chi connectivity index (χ4n) is 1.52. The lowest BCUT2D eigenvalue weighted by Gasteiger charge is -2.22. The maximum absolute atomic E-state index is 4.24. The fraction of sp³-hybridized carbons (Fsp3) is 0.417. The molecule has 0 aromatic carbocycles. The molecule has 2 nitrogen and oxygen atoms in total. The van der Waals surface area contributed by atoms with Gasteiger partial charge in [-0.05, 0) is 29.5 Å². The minimum Gasteiger partial charge on any atom is -0.241 e. The van der Waals surface area contributed by atoms with Crippen molar-refractivity contribution in [3.05, 3.63) is 36.2 Å². The summed E-state index contributed by atoms with van der Waals surface area (Å²) in [5.74, 6) is 0. The van der Waals surface area contributed by atoms with Gasteiger partial charge < -0.3 is 0 Å². The van der Waals surface area contributed by atoms with E-state index in [9.17, 15) is 0 Å². The maximum Gasteiger partial charge on any atom is 0.0661 e. The first-order valence-electron chi connectivity index (χ1n) is 5.07. The monoisotopic (exact) mass is 188 g/mol. The summed E-state index contributed by atoms with van der Waals surface area (Å²) in [6.07, 6.45) is 5.09. The van der Waals surface area contributed by atoms with Gasteiger partial charge in [0.2, 0.25) is 0 Å². The minimum absolute atomic E-state index is 0.236. The number of aromatic nitrogens is 2. The molecule has 0 aliphatic rings. The van der Waals surface area contributed by atoms with Crippen LogP contribution in [0.5, 0.6) is 0 Å². The third-order valence-electron chi connectivity index (χ3n) is 3.06. The largest absolute Gasteiger partial charge is 0.241 e. The second-order valence-corrected chi connectivity index (χ2v) is 4.36. The molecule has 0 aliphatic heterocycles. The van der Waals surface area contributed by atoms with Gasteiger partial charge in [-0.25, -0.2) is 4.52 Å². The van der Waals surface area contributed by atoms with Crippen LogP contribution in [0, 0.1) is 0 Å². The summed E-state index contributed by atoms with van der Waals surface area (Å²) in [6.45, 7) is 6.74. The number of nitrogens with zero attached hydrogens (tertiary/aromatic N) is 2. The van der Waals surface area contributed by atoms with Crippen LogP contribution in [-0.4, -0.2) is 9.61 Å². The first-order chi connectivity index (χ1) is 6.63. The van der Waals surface area contributed by atoms with Gasteiger partial charge in [0.05, 0.1) is 5.52 Å². The molecule has 14 heavy (non-hydrogen) atoms. The quantitative estimate of drug-likeness (QED) is 0.708. The average Bonchev–Trinajstić information content (AvgIpc) is 2.64. The third-order valence-corrected chi connectivity index (χ3v) is 3.06. The van der Waals surface area contributed by atoms with Crippen LogP contribution in [0.2, 0.25) is 0 Å². The Labute approximate surface area is 84.6 Å². The summed E-state index contributed by atoms with van der Waals surface area (Å²) in [5.41, 5.74) is 2.73. The van der Waals surface area contributed by atoms with E-state index in [1.165, 1.54) is 5.56 Å². The highest BCUT2D eigenvalue weighted by molar-refractivity contribution is 5.46. The Kier molecular flexibility index (Phi) is 2.06. The van der Waals surface area contributed by atoms with E-state index in [-0.39, 0.29) is 5.41 Å². The van der Waals surface area contributed by atoms with Crippen molar-refractivity contribution in [3.8, 4) is 0 Å². The molecule has 0 spiro atoms. The SMILES string of the molecule is CCC(C)(C)c1ccc2ccnn2c1. The molecule has 2 aromatic rings. The number of hydrogen-bond donors (Lipinski definition) is 0. The van der Waals surface area contributed by atoms with E-state index in [0.717, 1.165) is 11.9 Å². The molecule has 0 saturated heterocycles. The van der Waals surface area contributed by atoms with E-state index >= 15 is 0 Å². The first kappa shape index (κ1) is 9.25. The topological polar surface area (TPSA) is 17.3 Å². The molecular formula is C12H16N2. The van der Waals surface area contributed by atoms with E-state index < -0.39 is 0 Å². The summed E-state index contributed by atoms with van der Waals surface area (Å²) in [5, 5.41) is 4.24. The van der Waals surface area contributed by atoms with Crippen molar-refractivity contribution < 1.29 is 0 Å². The average molecular weight is 188 g/mol. The Morgan fingerprint density at radius 2 is 2.07 bits per heavy atom. The van der Waals surface area contributed by atoms with Gasteiger partial charge in [0.25, 0.3) is 0 Å². The van der Waals surface area contributed by atoms with Crippen LogP contribution in [0.15, 0.2) is 30.6 Å². The molecule has 2 aromatic heterocycles. The molecule has 0 radical (unpaired) electrons. The molecular weight excluding hydrogens is 172 g/mol. The Morgan fingerprint density at radius 1 is 1.29 bits per heavy atom. The number of hydrogen-bond acceptors (Lipinski definition) is 1. The standard InChI is InChI=1S/C12H16N2/c1-4-12(2,3)10-5-6-11-7-8-13-14(11)9-10/h5-9H,4H2,1-3H3. The van der Waals surface area contributed by atoms with Crippen molar-refractivity contribution in [3.63, 3.8) is 0 Å². The molecule has 0 amide bonds. The van der Waals surface area contributed by atoms with Gasteiger partial charge >= 0.3 is 0 Å². The van der Waals surface area contributed by atoms with Crippen molar-refractivity contribution in [2.75, 3.05) is 0 Å². The molecule has 0 N–H and O–H groups in total. The molecule has 2 heterocycles. The van der Waals surface area contributed by atoms with Gasteiger partial charge in [-0.1, -0.05) is 26.8 Å². The van der Waals surface area contributed by atoms with Crippen molar-refractivity contribution >= 4 is 5.52 Å². The minimum atomic E-state index is 0.236. The van der Waals surface area contributed by atoms with Crippen molar-refractivity contribution in [2.24, 2.45) is 0 Å². The maximum atomic E-state index is 4.24. The second-order valence-electron chi connectivity index (χ2n) is 4.36. The van der Waals surface area contributed by atoms with Crippen LogP contribution in [0.1, 0.15) is 32.8 Å². The highest BCUT2D eigenvalue weighted by atomic mass is 15.2. The number of rotatable bonds is 2. The lowest BCUT2D eigenvalue weighted by molar-refractivity contribution is 0.503. The summed E-state index contributed by atoms with van der Waals surface area (Å²) >= 11 is 0. The Bertz CT molecular complexity index is 440. The van der Waals surface area contributed by atoms with Crippen molar-refractivity contribution in [2.45, 2.75) is 32.6 Å². The van der Waals surface area contributed by atoms with E-state index in [1.807, 2.05) is 16.8 Å². The van der Waals surface area contributed by atoms with Gasteiger partial charge in [0.15, 0.2) is 0 Å². The van der Waals surface area contributed by atoms with Crippen LogP contribution in [0.3, 0.4) is 0 Å². The van der Waals surface area contributed by atoms with Crippen molar-refractivity contribution in [1.82, 2.24) is 9.61 Å². The molecule has 2 rings (SSSR count). The number of pyridine rings is 1. The van der Waals surface area contributed by atoms with Gasteiger partial charge in [-0.2, -0.15) is 5.10 Å². The summed E-state index contributed by atoms with van der Waals surface area (Å²) in [6, 6.07) is 6.34. The smallest absolute Gasteiger partial charge is 0.0661 e. The summed E-state index contributed by atoms with van der Waals surface area (Å²) < 4.78 is 1.94. The Balaban J connectivity index is 2.53. The van der Waals surface area contributed by atoms with Crippen LogP contribution in [0.25, 0.3) is 5.52 Å². The zero-order valence-corrected chi connectivity index (χ0v) is 8.99. The normalized spacial score (nSPS) is 12.2. The van der Waals surface area contributed by atoms with Gasteiger partial charge in [0.1, 0.15) is 0 Å². The van der Waals surface area contributed by atoms with E-state index in [0.29, 0.717) is 0 Å². The molecule has 2 heteroatoms. The second kappa shape index (κ2) is 3.12. The lowest BCUT2D eigenvalue weighted by atomic mass is 9.83. The molecule has 0 unspecified atom stereocenters. The van der Waals surface area contributed by atoms with Gasteiger partial charge in [0, 0.05) is 12.4 Å². The lowest BCUT2D eigenvalue weighted by Crippen LogP contribution is -2.16. The van der Waals surface area contributed by atoms with Crippen LogP contribution in [-0.2, 0) is 5.41 Å². The molecule has 0 atom stereocenters. The van der Waals surface area contributed by atoms with Gasteiger partial charge in [-0.15, -0.1) is 0 Å². The van der Waals surface area contributed by atoms with Gasteiger partial charge in [-0.3, -0.25) is 0 Å². The third kappa shape index (κ3) is 1.41. The Hall–Kier alpha value is -1.31. The van der Waals surface area contributed by atoms with E-state index in [4.69, 9.17) is 0 Å². The molecule has 0 aliphatic carbocycles. The zero-order valence-electron chi connectivity index (χ0n) is 8.99. The highest BCUT2D eigenvalue weighted by Gasteiger charge is 2.18. The fourth-order valence-corrected chi connectivity index (χ4v) is 1.52. The molecule has 74 valence electrons. The summed E-state index contributed by atoms with van der Waals surface area (Å²) in [4.78, 5) is 0. The predicted molar refractivity (Wildman–Crippen MR) is 58.5 cm³/mol. The summed E-state index contributed by atoms with van der Waals surface area (Å²) in [7, 11) is 0. The van der Waals surface area contributed by atoms with E-state index in [1.54, 1.807) is 0 Å². The van der Waals surface area contributed by atoms with Crippen LogP contribution in [0.4, 0.5) is 0 Å². The van der Waals surface area contributed by atoms with Crippen LogP contribution < -0.4 is 0 Å². The number of fused-ring (bicyclic) bond motifs is 1. The molecule has 0 fully saturated rings. The van der Waals surface area contributed by atoms with E-state index in [2.05, 4.69) is 44.2 Å². The van der Waals surface area contributed by atoms with Crippen LogP contribution >= 0.6 is 0 Å². The van der Waals surface area contributed by atoms with Crippen molar-refractivity contribution in [1.29, 1.82) is 0 Å². The zero-order chi connectivity index (χ0) is 10.2. The molecule has 0 saturated carbocycles.